The Labute approximate surface area is 431 Å². The first-order valence-electron chi connectivity index (χ1n) is 31.4. The van der Waals surface area contributed by atoms with Crippen molar-refractivity contribution in [1.82, 2.24) is 5.32 Å². The van der Waals surface area contributed by atoms with Crippen LogP contribution in [-0.4, -0.2) is 47.4 Å². The number of hydrogen-bond donors (Lipinski definition) is 3. The van der Waals surface area contributed by atoms with Crippen LogP contribution in [0.2, 0.25) is 0 Å². The summed E-state index contributed by atoms with van der Waals surface area (Å²) in [7, 11) is 0. The summed E-state index contributed by atoms with van der Waals surface area (Å²) in [6.45, 7) is 4.97. The largest absolute Gasteiger partial charge is 0.466 e. The molecule has 0 rings (SSSR count). The molecule has 3 N–H and O–H groups in total. The van der Waals surface area contributed by atoms with Crippen molar-refractivity contribution in [1.29, 1.82) is 0 Å². The molecule has 0 bridgehead atoms. The summed E-state index contributed by atoms with van der Waals surface area (Å²) in [5.74, 6) is -0.0262. The number of rotatable bonds is 59. The molecule has 0 aromatic rings. The van der Waals surface area contributed by atoms with Gasteiger partial charge in [-0.3, -0.25) is 9.59 Å². The van der Waals surface area contributed by atoms with E-state index in [1.165, 1.54) is 276 Å². The minimum absolute atomic E-state index is 0.00949. The molecule has 0 aliphatic carbocycles. The van der Waals surface area contributed by atoms with Gasteiger partial charge < -0.3 is 20.3 Å². The summed E-state index contributed by atoms with van der Waals surface area (Å²) < 4.78 is 5.50. The van der Waals surface area contributed by atoms with E-state index in [1.807, 2.05) is 0 Å². The Morgan fingerprint density at radius 2 is 0.681 bits per heavy atom. The molecule has 0 radical (unpaired) electrons. The number of aliphatic hydroxyl groups excluding tert-OH is 2. The highest BCUT2D eigenvalue weighted by molar-refractivity contribution is 5.76. The third-order valence-corrected chi connectivity index (χ3v) is 14.8. The summed E-state index contributed by atoms with van der Waals surface area (Å²) >= 11 is 0. The molecule has 0 saturated carbocycles. The standard InChI is InChI=1S/C63H123NO5/c1-3-5-7-9-11-13-15-17-19-20-22-26-29-33-37-41-45-49-53-57-63(68)69-58-54-50-46-42-38-34-30-27-24-21-23-25-28-32-36-40-44-48-52-56-62(67)64-60(59-65)61(66)55-51-47-43-39-35-31-18-16-14-12-10-8-6-4-2/h17,19,60-61,65-66H,3-16,18,20-59H2,1-2H3,(H,64,67)/b19-17-. The Balaban J connectivity index is 3.37. The van der Waals surface area contributed by atoms with Crippen LogP contribution in [0.3, 0.4) is 0 Å². The predicted octanol–water partition coefficient (Wildman–Crippen LogP) is 19.6. The number of ether oxygens (including phenoxy) is 1. The van der Waals surface area contributed by atoms with Crippen molar-refractivity contribution in [3.63, 3.8) is 0 Å². The lowest BCUT2D eigenvalue weighted by molar-refractivity contribution is -0.143. The van der Waals surface area contributed by atoms with Gasteiger partial charge in [0.2, 0.25) is 5.91 Å². The maximum Gasteiger partial charge on any atom is 0.305 e. The summed E-state index contributed by atoms with van der Waals surface area (Å²) in [5.41, 5.74) is 0. The zero-order valence-corrected chi connectivity index (χ0v) is 46.8. The molecule has 0 aromatic heterocycles. The van der Waals surface area contributed by atoms with Crippen molar-refractivity contribution < 1.29 is 24.5 Å². The molecular formula is C63H123NO5. The van der Waals surface area contributed by atoms with Crippen LogP contribution < -0.4 is 5.32 Å². The van der Waals surface area contributed by atoms with E-state index < -0.39 is 12.1 Å². The van der Waals surface area contributed by atoms with Crippen molar-refractivity contribution in [3.8, 4) is 0 Å². The van der Waals surface area contributed by atoms with Crippen molar-refractivity contribution in [2.24, 2.45) is 0 Å². The number of amides is 1. The molecule has 0 aliphatic rings. The fraction of sp³-hybridized carbons (Fsp3) is 0.937. The maximum atomic E-state index is 12.5. The van der Waals surface area contributed by atoms with E-state index in [9.17, 15) is 19.8 Å². The number of hydrogen-bond acceptors (Lipinski definition) is 5. The quantitative estimate of drug-likeness (QED) is 0.0321. The second kappa shape index (κ2) is 59.2. The van der Waals surface area contributed by atoms with E-state index in [0.717, 1.165) is 44.9 Å². The minimum atomic E-state index is -0.665. The van der Waals surface area contributed by atoms with Crippen molar-refractivity contribution in [2.45, 2.75) is 366 Å². The van der Waals surface area contributed by atoms with Crippen LogP contribution in [0.4, 0.5) is 0 Å². The number of nitrogens with one attached hydrogen (secondary N) is 1. The molecule has 0 heterocycles. The second-order valence-electron chi connectivity index (χ2n) is 21.7. The normalized spacial score (nSPS) is 12.6. The molecule has 0 spiro atoms. The van der Waals surface area contributed by atoms with Crippen LogP contribution in [0, 0.1) is 0 Å². The highest BCUT2D eigenvalue weighted by Gasteiger charge is 2.20. The first-order chi connectivity index (χ1) is 34.0. The van der Waals surface area contributed by atoms with Gasteiger partial charge in [-0.25, -0.2) is 0 Å². The van der Waals surface area contributed by atoms with Crippen molar-refractivity contribution in [2.75, 3.05) is 13.2 Å². The molecule has 2 unspecified atom stereocenters. The monoisotopic (exact) mass is 974 g/mol. The van der Waals surface area contributed by atoms with Gasteiger partial charge in [0, 0.05) is 12.8 Å². The van der Waals surface area contributed by atoms with Crippen LogP contribution in [0.15, 0.2) is 12.2 Å². The Kier molecular flexibility index (Phi) is 58.0. The van der Waals surface area contributed by atoms with Crippen molar-refractivity contribution >= 4 is 11.9 Å². The number of unbranched alkanes of at least 4 members (excludes halogenated alkanes) is 46. The summed E-state index contributed by atoms with van der Waals surface area (Å²) in [4.78, 5) is 24.6. The lowest BCUT2D eigenvalue weighted by Gasteiger charge is -2.22. The molecule has 0 fully saturated rings. The molecule has 2 atom stereocenters. The smallest absolute Gasteiger partial charge is 0.305 e. The van der Waals surface area contributed by atoms with E-state index in [0.29, 0.717) is 25.9 Å². The Bertz CT molecular complexity index is 1030. The fourth-order valence-electron chi connectivity index (χ4n) is 9.99. The van der Waals surface area contributed by atoms with Gasteiger partial charge >= 0.3 is 5.97 Å². The van der Waals surface area contributed by atoms with Crippen molar-refractivity contribution in [3.05, 3.63) is 12.2 Å². The zero-order chi connectivity index (χ0) is 50.0. The van der Waals surface area contributed by atoms with E-state index in [1.54, 1.807) is 0 Å². The Morgan fingerprint density at radius 1 is 0.391 bits per heavy atom. The molecule has 1 amide bonds. The van der Waals surface area contributed by atoms with Gasteiger partial charge in [-0.15, -0.1) is 0 Å². The molecule has 0 saturated heterocycles. The van der Waals surface area contributed by atoms with Crippen LogP contribution >= 0.6 is 0 Å². The summed E-state index contributed by atoms with van der Waals surface area (Å²) in [6.07, 6.45) is 70.7. The van der Waals surface area contributed by atoms with Gasteiger partial charge in [0.15, 0.2) is 0 Å². The maximum absolute atomic E-state index is 12.5. The highest BCUT2D eigenvalue weighted by Crippen LogP contribution is 2.18. The average Bonchev–Trinajstić information content (AvgIpc) is 3.35. The van der Waals surface area contributed by atoms with Crippen LogP contribution in [0.1, 0.15) is 354 Å². The first-order valence-corrected chi connectivity index (χ1v) is 31.4. The third-order valence-electron chi connectivity index (χ3n) is 14.8. The van der Waals surface area contributed by atoms with Gasteiger partial charge in [-0.2, -0.15) is 0 Å². The van der Waals surface area contributed by atoms with E-state index in [-0.39, 0.29) is 18.5 Å². The van der Waals surface area contributed by atoms with Crippen LogP contribution in [0.25, 0.3) is 0 Å². The molecular weight excluding hydrogens is 851 g/mol. The van der Waals surface area contributed by atoms with Gasteiger partial charge in [0.1, 0.15) is 0 Å². The molecule has 0 aromatic carbocycles. The summed E-state index contributed by atoms with van der Waals surface area (Å²) in [6, 6.07) is -0.543. The SMILES string of the molecule is CCCCCCCC/C=C\CCCCCCCCCCCC(=O)OCCCCCCCCCCCCCCCCCCCCCC(=O)NC(CO)C(O)CCCCCCCCCCCCCCCC. The number of carbonyl (C=O) groups is 2. The highest BCUT2D eigenvalue weighted by atomic mass is 16.5. The fourth-order valence-corrected chi connectivity index (χ4v) is 9.99. The van der Waals surface area contributed by atoms with Crippen LogP contribution in [-0.2, 0) is 14.3 Å². The lowest BCUT2D eigenvalue weighted by Crippen LogP contribution is -2.45. The zero-order valence-electron chi connectivity index (χ0n) is 46.8. The molecule has 0 aliphatic heterocycles. The lowest BCUT2D eigenvalue weighted by atomic mass is 10.0. The molecule has 6 heteroatoms. The van der Waals surface area contributed by atoms with Gasteiger partial charge in [-0.1, -0.05) is 302 Å². The minimum Gasteiger partial charge on any atom is -0.466 e. The van der Waals surface area contributed by atoms with E-state index >= 15 is 0 Å². The number of allylic oxidation sites excluding steroid dienone is 2. The summed E-state index contributed by atoms with van der Waals surface area (Å²) in [5, 5.41) is 23.3. The van der Waals surface area contributed by atoms with Crippen LogP contribution in [0.5, 0.6) is 0 Å². The third kappa shape index (κ3) is 55.8. The van der Waals surface area contributed by atoms with Gasteiger partial charge in [-0.05, 0) is 51.4 Å². The topological polar surface area (TPSA) is 95.9 Å². The van der Waals surface area contributed by atoms with E-state index in [4.69, 9.17) is 4.74 Å². The number of esters is 1. The number of carbonyl (C=O) groups excluding carboxylic acids is 2. The van der Waals surface area contributed by atoms with Gasteiger partial charge in [0.25, 0.3) is 0 Å². The number of aliphatic hydroxyl groups is 2. The average molecular weight is 975 g/mol. The Morgan fingerprint density at radius 3 is 1.03 bits per heavy atom. The molecule has 6 nitrogen and oxygen atoms in total. The second-order valence-corrected chi connectivity index (χ2v) is 21.7. The first kappa shape index (κ1) is 67.6. The van der Waals surface area contributed by atoms with Gasteiger partial charge in [0.05, 0.1) is 25.4 Å². The predicted molar refractivity (Wildman–Crippen MR) is 301 cm³/mol. The Hall–Kier alpha value is -1.40. The molecule has 410 valence electrons. The van der Waals surface area contributed by atoms with E-state index in [2.05, 4.69) is 31.3 Å². The molecule has 69 heavy (non-hydrogen) atoms.